The van der Waals surface area contributed by atoms with E-state index in [0.717, 1.165) is 32.0 Å². The Labute approximate surface area is 186 Å². The van der Waals surface area contributed by atoms with Crippen molar-refractivity contribution in [2.24, 2.45) is 10.9 Å². The van der Waals surface area contributed by atoms with E-state index >= 15 is 0 Å². The number of hydrogen-bond acceptors (Lipinski definition) is 2. The zero-order valence-electron chi connectivity index (χ0n) is 17.8. The van der Waals surface area contributed by atoms with Gasteiger partial charge in [-0.1, -0.05) is 24.6 Å². The summed E-state index contributed by atoms with van der Waals surface area (Å²) in [6.45, 7) is 11.9. The molecule has 154 valence electrons. The van der Waals surface area contributed by atoms with Crippen LogP contribution in [0, 0.1) is 26.7 Å². The van der Waals surface area contributed by atoms with E-state index in [4.69, 9.17) is 0 Å². The predicted octanol–water partition coefficient (Wildman–Crippen LogP) is 4.13. The van der Waals surface area contributed by atoms with E-state index in [9.17, 15) is 0 Å². The second kappa shape index (κ2) is 10.3. The van der Waals surface area contributed by atoms with Gasteiger partial charge in [-0.25, -0.2) is 4.98 Å². The smallest absolute Gasteiger partial charge is 0.193 e. The van der Waals surface area contributed by atoms with Crippen LogP contribution in [-0.2, 0) is 6.42 Å². The minimum Gasteiger partial charge on any atom is -0.356 e. The molecule has 5 nitrogen and oxygen atoms in total. The minimum absolute atomic E-state index is 0. The van der Waals surface area contributed by atoms with Crippen molar-refractivity contribution in [3.05, 3.63) is 53.1 Å². The molecule has 1 saturated heterocycles. The second-order valence-electron chi connectivity index (χ2n) is 7.89. The highest BCUT2D eigenvalue weighted by molar-refractivity contribution is 14.0. The summed E-state index contributed by atoms with van der Waals surface area (Å²) in [5.74, 6) is 1.65. The molecule has 0 aliphatic carbocycles. The molecule has 1 fully saturated rings. The fraction of sp³-hybridized carbons (Fsp3) is 0.545. The lowest BCUT2D eigenvalue weighted by Gasteiger charge is -2.39. The first-order chi connectivity index (χ1) is 13.0. The van der Waals surface area contributed by atoms with Gasteiger partial charge < -0.3 is 14.8 Å². The van der Waals surface area contributed by atoms with E-state index in [-0.39, 0.29) is 24.0 Å². The standard InChI is InChI=1S/C22H33N5.HI/c1-16-12-18(3)20(19(4)13-16)6-8-25-22(23-5)26-10-7-17(2)21(14-26)27-11-9-24-15-27;/h9,11-13,15,17,21H,6-8,10,14H2,1-5H3,(H,23,25);1H. The van der Waals surface area contributed by atoms with E-state index < -0.39 is 0 Å². The maximum Gasteiger partial charge on any atom is 0.193 e. The normalized spacial score (nSPS) is 20.0. The summed E-state index contributed by atoms with van der Waals surface area (Å²) >= 11 is 0. The van der Waals surface area contributed by atoms with Crippen LogP contribution in [0.1, 0.15) is 41.6 Å². The number of aryl methyl sites for hydroxylation is 3. The molecule has 1 aromatic carbocycles. The number of benzene rings is 1. The van der Waals surface area contributed by atoms with Gasteiger partial charge in [-0.05, 0) is 56.2 Å². The van der Waals surface area contributed by atoms with Gasteiger partial charge in [0.1, 0.15) is 0 Å². The van der Waals surface area contributed by atoms with Crippen molar-refractivity contribution in [2.75, 3.05) is 26.7 Å². The molecular weight excluding hydrogens is 461 g/mol. The Balaban J connectivity index is 0.00000280. The molecule has 2 heterocycles. The molecule has 0 bridgehead atoms. The predicted molar refractivity (Wildman–Crippen MR) is 128 cm³/mol. The number of imidazole rings is 1. The van der Waals surface area contributed by atoms with Gasteiger partial charge >= 0.3 is 0 Å². The molecular formula is C22H34IN5. The van der Waals surface area contributed by atoms with Crippen LogP contribution >= 0.6 is 24.0 Å². The molecule has 1 aliphatic rings. The van der Waals surface area contributed by atoms with Gasteiger partial charge in [0.2, 0.25) is 0 Å². The molecule has 1 aromatic heterocycles. The van der Waals surface area contributed by atoms with Crippen LogP contribution in [0.15, 0.2) is 35.8 Å². The number of rotatable bonds is 4. The van der Waals surface area contributed by atoms with Crippen LogP contribution in [0.2, 0.25) is 0 Å². The third-order valence-electron chi connectivity index (χ3n) is 5.84. The summed E-state index contributed by atoms with van der Waals surface area (Å²) < 4.78 is 2.24. The maximum atomic E-state index is 4.55. The van der Waals surface area contributed by atoms with Crippen LogP contribution in [0.5, 0.6) is 0 Å². The molecule has 2 unspecified atom stereocenters. The minimum atomic E-state index is 0. The lowest BCUT2D eigenvalue weighted by atomic mass is 9.93. The zero-order chi connectivity index (χ0) is 19.4. The SMILES string of the molecule is CN=C(NCCc1c(C)cc(C)cc1C)N1CCC(C)C(n2ccnc2)C1.I. The van der Waals surface area contributed by atoms with Crippen molar-refractivity contribution in [3.63, 3.8) is 0 Å². The van der Waals surface area contributed by atoms with Crippen LogP contribution in [-0.4, -0.2) is 47.1 Å². The van der Waals surface area contributed by atoms with E-state index in [1.165, 1.54) is 28.7 Å². The van der Waals surface area contributed by atoms with Gasteiger partial charge in [0.05, 0.1) is 12.4 Å². The van der Waals surface area contributed by atoms with E-state index in [0.29, 0.717) is 12.0 Å². The Hall–Kier alpha value is -1.57. The lowest BCUT2D eigenvalue weighted by molar-refractivity contribution is 0.189. The van der Waals surface area contributed by atoms with Gasteiger partial charge in [-0.2, -0.15) is 0 Å². The Morgan fingerprint density at radius 3 is 2.57 bits per heavy atom. The van der Waals surface area contributed by atoms with Gasteiger partial charge in [0, 0.05) is 39.1 Å². The molecule has 6 heteroatoms. The number of likely N-dealkylation sites (tertiary alicyclic amines) is 1. The topological polar surface area (TPSA) is 45.5 Å². The highest BCUT2D eigenvalue weighted by Gasteiger charge is 2.28. The summed E-state index contributed by atoms with van der Waals surface area (Å²) in [6, 6.07) is 5.00. The summed E-state index contributed by atoms with van der Waals surface area (Å²) in [6.07, 6.45) is 8.06. The molecule has 0 radical (unpaired) electrons. The van der Waals surface area contributed by atoms with Crippen molar-refractivity contribution in [1.82, 2.24) is 19.8 Å². The number of piperidine rings is 1. The second-order valence-corrected chi connectivity index (χ2v) is 7.89. The lowest BCUT2D eigenvalue weighted by Crippen LogP contribution is -2.49. The van der Waals surface area contributed by atoms with Crippen LogP contribution in [0.25, 0.3) is 0 Å². The number of nitrogens with one attached hydrogen (secondary N) is 1. The fourth-order valence-electron chi connectivity index (χ4n) is 4.33. The first kappa shape index (κ1) is 22.7. The monoisotopic (exact) mass is 495 g/mol. The van der Waals surface area contributed by atoms with E-state index in [2.05, 4.69) is 70.8 Å². The highest BCUT2D eigenvalue weighted by atomic mass is 127. The molecule has 0 amide bonds. The average molecular weight is 495 g/mol. The Kier molecular flexibility index (Phi) is 8.34. The Morgan fingerprint density at radius 1 is 1.25 bits per heavy atom. The molecule has 1 aliphatic heterocycles. The molecule has 2 atom stereocenters. The first-order valence-electron chi connectivity index (χ1n) is 9.99. The van der Waals surface area contributed by atoms with Gasteiger partial charge in [0.25, 0.3) is 0 Å². The van der Waals surface area contributed by atoms with Crippen molar-refractivity contribution < 1.29 is 0 Å². The Morgan fingerprint density at radius 2 is 1.96 bits per heavy atom. The number of guanidine groups is 1. The number of halogens is 1. The average Bonchev–Trinajstić information content (AvgIpc) is 3.15. The number of aromatic nitrogens is 2. The fourth-order valence-corrected chi connectivity index (χ4v) is 4.33. The zero-order valence-corrected chi connectivity index (χ0v) is 20.1. The van der Waals surface area contributed by atoms with E-state index in [1.54, 1.807) is 0 Å². The van der Waals surface area contributed by atoms with Crippen molar-refractivity contribution in [2.45, 2.75) is 46.6 Å². The molecule has 0 saturated carbocycles. The van der Waals surface area contributed by atoms with Gasteiger partial charge in [-0.15, -0.1) is 24.0 Å². The van der Waals surface area contributed by atoms with Crippen LogP contribution in [0.4, 0.5) is 0 Å². The summed E-state index contributed by atoms with van der Waals surface area (Å²) in [5.41, 5.74) is 5.56. The summed E-state index contributed by atoms with van der Waals surface area (Å²) in [7, 11) is 1.88. The van der Waals surface area contributed by atoms with Crippen molar-refractivity contribution >= 4 is 29.9 Å². The van der Waals surface area contributed by atoms with Crippen molar-refractivity contribution in [1.29, 1.82) is 0 Å². The van der Waals surface area contributed by atoms with Crippen LogP contribution < -0.4 is 5.32 Å². The molecule has 0 spiro atoms. The third-order valence-corrected chi connectivity index (χ3v) is 5.84. The quantitative estimate of drug-likeness (QED) is 0.394. The van der Waals surface area contributed by atoms with Gasteiger partial charge in [-0.3, -0.25) is 4.99 Å². The van der Waals surface area contributed by atoms with Gasteiger partial charge in [0.15, 0.2) is 5.96 Å². The first-order valence-corrected chi connectivity index (χ1v) is 9.99. The summed E-state index contributed by atoms with van der Waals surface area (Å²) in [5, 5.41) is 3.59. The molecule has 3 rings (SSSR count). The number of aliphatic imine (C=N–C) groups is 1. The Bertz CT molecular complexity index is 761. The van der Waals surface area contributed by atoms with Crippen LogP contribution in [0.3, 0.4) is 0 Å². The highest BCUT2D eigenvalue weighted by Crippen LogP contribution is 2.27. The number of hydrogen-bond donors (Lipinski definition) is 1. The summed E-state index contributed by atoms with van der Waals surface area (Å²) in [4.78, 5) is 11.2. The largest absolute Gasteiger partial charge is 0.356 e. The molecule has 1 N–H and O–H groups in total. The number of nitrogens with zero attached hydrogens (tertiary/aromatic N) is 4. The molecule has 2 aromatic rings. The third kappa shape index (κ3) is 5.27. The maximum absolute atomic E-state index is 4.55. The van der Waals surface area contributed by atoms with Crippen molar-refractivity contribution in [3.8, 4) is 0 Å². The molecule has 28 heavy (non-hydrogen) atoms. The van der Waals surface area contributed by atoms with E-state index in [1.807, 2.05) is 19.6 Å².